The van der Waals surface area contributed by atoms with Crippen LogP contribution in [-0.4, -0.2) is 42.9 Å². The topological polar surface area (TPSA) is 48.0 Å². The molecule has 2 fully saturated rings. The minimum absolute atomic E-state index is 0.261. The van der Waals surface area contributed by atoms with Gasteiger partial charge >= 0.3 is 6.09 Å². The highest BCUT2D eigenvalue weighted by molar-refractivity contribution is 7.13. The zero-order valence-electron chi connectivity index (χ0n) is 15.5. The highest BCUT2D eigenvalue weighted by Gasteiger charge is 2.50. The van der Waals surface area contributed by atoms with Crippen molar-refractivity contribution in [3.63, 3.8) is 0 Å². The highest BCUT2D eigenvalue weighted by Crippen LogP contribution is 2.46. The molecule has 1 aromatic rings. The molecule has 0 spiro atoms. The van der Waals surface area contributed by atoms with E-state index in [1.54, 1.807) is 16.2 Å². The highest BCUT2D eigenvalue weighted by atomic mass is 32.1. The van der Waals surface area contributed by atoms with E-state index in [0.29, 0.717) is 38.0 Å². The van der Waals surface area contributed by atoms with Crippen molar-refractivity contribution in [2.75, 3.05) is 26.3 Å². The van der Waals surface area contributed by atoms with E-state index in [4.69, 9.17) is 14.2 Å². The summed E-state index contributed by atoms with van der Waals surface area (Å²) in [5.41, 5.74) is -0.928. The van der Waals surface area contributed by atoms with Crippen molar-refractivity contribution in [3.8, 4) is 0 Å². The minimum atomic E-state index is -0.493. The maximum absolute atomic E-state index is 12.5. The van der Waals surface area contributed by atoms with Crippen LogP contribution in [0.1, 0.15) is 43.9 Å². The largest absolute Gasteiger partial charge is 0.493 e. The van der Waals surface area contributed by atoms with Crippen LogP contribution >= 0.6 is 11.3 Å². The second-order valence-electron chi connectivity index (χ2n) is 7.76. The fourth-order valence-corrected chi connectivity index (χ4v) is 4.54. The van der Waals surface area contributed by atoms with Crippen molar-refractivity contribution < 1.29 is 19.0 Å². The normalized spacial score (nSPS) is 25.8. The minimum Gasteiger partial charge on any atom is -0.493 e. The SMILES string of the molecule is C=C(OCC)c1ccc(C23CC(CO2)CN(C(=O)OC(C)(C)C)C3)s1. The molecule has 3 rings (SSSR count). The Morgan fingerprint density at radius 3 is 2.92 bits per heavy atom. The Kier molecular flexibility index (Phi) is 4.86. The molecule has 2 atom stereocenters. The first-order chi connectivity index (χ1) is 11.7. The van der Waals surface area contributed by atoms with E-state index in [9.17, 15) is 4.79 Å². The first kappa shape index (κ1) is 18.3. The number of piperidine rings is 1. The van der Waals surface area contributed by atoms with Crippen LogP contribution in [0.15, 0.2) is 18.7 Å². The van der Waals surface area contributed by atoms with Crippen LogP contribution in [0.25, 0.3) is 5.76 Å². The van der Waals surface area contributed by atoms with Crippen LogP contribution in [0.2, 0.25) is 0 Å². The number of hydrogen-bond donors (Lipinski definition) is 0. The van der Waals surface area contributed by atoms with Crippen LogP contribution < -0.4 is 0 Å². The molecule has 2 unspecified atom stereocenters. The van der Waals surface area contributed by atoms with Crippen LogP contribution in [0.4, 0.5) is 4.79 Å². The molecule has 2 bridgehead atoms. The van der Waals surface area contributed by atoms with Gasteiger partial charge in [-0.3, -0.25) is 0 Å². The third-order valence-corrected chi connectivity index (χ3v) is 5.75. The summed E-state index contributed by atoms with van der Waals surface area (Å²) >= 11 is 1.64. The molecule has 138 valence electrons. The molecule has 25 heavy (non-hydrogen) atoms. The molecule has 1 amide bonds. The number of carbonyl (C=O) groups excluding carboxylic acids is 1. The van der Waals surface area contributed by atoms with Gasteiger partial charge in [-0.2, -0.15) is 0 Å². The van der Waals surface area contributed by atoms with Crippen LogP contribution in [-0.2, 0) is 19.8 Å². The standard InChI is InChI=1S/C19H27NO4S/c1-6-22-13(2)15-7-8-16(25-15)19-9-14(11-23-19)10-20(12-19)17(21)24-18(3,4)5/h7-8,14H,2,6,9-12H2,1,3-5H3. The number of rotatable bonds is 4. The molecule has 0 aliphatic carbocycles. The van der Waals surface area contributed by atoms with E-state index in [2.05, 4.69) is 12.6 Å². The summed E-state index contributed by atoms with van der Waals surface area (Å²) in [5.74, 6) is 1.03. The number of nitrogens with zero attached hydrogens (tertiary/aromatic N) is 1. The van der Waals surface area contributed by atoms with Crippen molar-refractivity contribution in [3.05, 3.63) is 28.5 Å². The zero-order valence-corrected chi connectivity index (χ0v) is 16.3. The third kappa shape index (κ3) is 3.85. The third-order valence-electron chi connectivity index (χ3n) is 4.44. The molecule has 1 aromatic heterocycles. The van der Waals surface area contributed by atoms with Crippen molar-refractivity contribution in [1.29, 1.82) is 0 Å². The van der Waals surface area contributed by atoms with Gasteiger partial charge in [-0.15, -0.1) is 11.3 Å². The monoisotopic (exact) mass is 365 g/mol. The molecule has 5 nitrogen and oxygen atoms in total. The van der Waals surface area contributed by atoms with E-state index >= 15 is 0 Å². The summed E-state index contributed by atoms with van der Waals surface area (Å²) in [6.07, 6.45) is 0.676. The molecule has 0 radical (unpaired) electrons. The average Bonchev–Trinajstić information content (AvgIpc) is 3.12. The Labute approximate surface area is 153 Å². The van der Waals surface area contributed by atoms with Crippen LogP contribution in [0, 0.1) is 5.92 Å². The van der Waals surface area contributed by atoms with Gasteiger partial charge in [0.25, 0.3) is 0 Å². The fourth-order valence-electron chi connectivity index (χ4n) is 3.47. The van der Waals surface area contributed by atoms with Gasteiger partial charge in [0.1, 0.15) is 17.0 Å². The Hall–Kier alpha value is -1.53. The average molecular weight is 365 g/mol. The maximum Gasteiger partial charge on any atom is 0.410 e. The quantitative estimate of drug-likeness (QED) is 0.749. The molecule has 0 N–H and O–H groups in total. The summed E-state index contributed by atoms with van der Waals surface area (Å²) < 4.78 is 17.3. The van der Waals surface area contributed by atoms with Gasteiger partial charge in [0.15, 0.2) is 0 Å². The fraction of sp³-hybridized carbons (Fsp3) is 0.632. The summed E-state index contributed by atoms with van der Waals surface area (Å²) in [5, 5.41) is 0. The summed E-state index contributed by atoms with van der Waals surface area (Å²) in [6, 6.07) is 4.10. The summed E-state index contributed by atoms with van der Waals surface area (Å²) in [4.78, 5) is 16.4. The second kappa shape index (κ2) is 6.65. The number of ether oxygens (including phenoxy) is 3. The Balaban J connectivity index is 1.79. The first-order valence-electron chi connectivity index (χ1n) is 8.77. The van der Waals surface area contributed by atoms with E-state index in [0.717, 1.165) is 16.2 Å². The van der Waals surface area contributed by atoms with Gasteiger partial charge in [-0.25, -0.2) is 4.79 Å². The number of amides is 1. The Bertz CT molecular complexity index is 663. The molecule has 2 aliphatic heterocycles. The van der Waals surface area contributed by atoms with Crippen molar-refractivity contribution in [2.45, 2.75) is 45.3 Å². The van der Waals surface area contributed by atoms with Crippen molar-refractivity contribution >= 4 is 23.2 Å². The number of likely N-dealkylation sites (tertiary alicyclic amines) is 1. The predicted octanol–water partition coefficient (Wildman–Crippen LogP) is 4.24. The lowest BCUT2D eigenvalue weighted by molar-refractivity contribution is -0.0332. The number of thiophene rings is 1. The van der Waals surface area contributed by atoms with Gasteiger partial charge in [0.2, 0.25) is 0 Å². The van der Waals surface area contributed by atoms with Crippen LogP contribution in [0.5, 0.6) is 0 Å². The number of hydrogen-bond acceptors (Lipinski definition) is 5. The van der Waals surface area contributed by atoms with Gasteiger partial charge in [0, 0.05) is 17.3 Å². The zero-order chi connectivity index (χ0) is 18.2. The van der Waals surface area contributed by atoms with E-state index < -0.39 is 11.2 Å². The van der Waals surface area contributed by atoms with Gasteiger partial charge in [-0.1, -0.05) is 6.58 Å². The summed E-state index contributed by atoms with van der Waals surface area (Å²) in [6.45, 7) is 14.1. The van der Waals surface area contributed by atoms with Gasteiger partial charge in [0.05, 0.1) is 24.6 Å². The van der Waals surface area contributed by atoms with E-state index in [-0.39, 0.29) is 6.09 Å². The molecule has 6 heteroatoms. The predicted molar refractivity (Wildman–Crippen MR) is 98.5 cm³/mol. The molecular formula is C19H27NO4S. The van der Waals surface area contributed by atoms with Crippen LogP contribution in [0.3, 0.4) is 0 Å². The Morgan fingerprint density at radius 1 is 1.48 bits per heavy atom. The first-order valence-corrected chi connectivity index (χ1v) is 9.58. The second-order valence-corrected chi connectivity index (χ2v) is 8.84. The maximum atomic E-state index is 12.5. The smallest absolute Gasteiger partial charge is 0.410 e. The molecule has 3 heterocycles. The van der Waals surface area contributed by atoms with Gasteiger partial charge in [-0.05, 0) is 46.2 Å². The lowest BCUT2D eigenvalue weighted by Gasteiger charge is -2.38. The van der Waals surface area contributed by atoms with E-state index in [1.807, 2.05) is 33.8 Å². The Morgan fingerprint density at radius 2 is 2.24 bits per heavy atom. The number of fused-ring (bicyclic) bond motifs is 2. The molecular weight excluding hydrogens is 338 g/mol. The number of carbonyl (C=O) groups is 1. The summed E-state index contributed by atoms with van der Waals surface area (Å²) in [7, 11) is 0. The van der Waals surface area contributed by atoms with Crippen molar-refractivity contribution in [2.24, 2.45) is 5.92 Å². The molecule has 0 saturated carbocycles. The molecule has 2 saturated heterocycles. The lowest BCUT2D eigenvalue weighted by Crippen LogP contribution is -2.49. The van der Waals surface area contributed by atoms with E-state index in [1.165, 1.54) is 0 Å². The molecule has 2 aliphatic rings. The lowest BCUT2D eigenvalue weighted by atomic mass is 9.88. The van der Waals surface area contributed by atoms with Gasteiger partial charge < -0.3 is 19.1 Å². The molecule has 0 aromatic carbocycles. The van der Waals surface area contributed by atoms with Crippen molar-refractivity contribution in [1.82, 2.24) is 4.90 Å².